The van der Waals surface area contributed by atoms with E-state index in [0.717, 1.165) is 31.2 Å². The average molecular weight is 304 g/mol. The number of allylic oxidation sites excluding steroid dienone is 1. The first-order chi connectivity index (χ1) is 10.2. The van der Waals surface area contributed by atoms with E-state index in [0.29, 0.717) is 5.56 Å². The molecule has 0 spiro atoms. The molecule has 0 aliphatic carbocycles. The first-order valence-corrected chi connectivity index (χ1v) is 8.44. The molecule has 0 aliphatic heterocycles. The largest absolute Gasteiger partial charge is 0.508 e. The molecule has 0 fully saturated rings. The fourth-order valence-corrected chi connectivity index (χ4v) is 2.88. The molecule has 0 saturated heterocycles. The lowest BCUT2D eigenvalue weighted by Gasteiger charge is -2.28. The fourth-order valence-electron chi connectivity index (χ4n) is 2.88. The van der Waals surface area contributed by atoms with Gasteiger partial charge in [-0.3, -0.25) is 0 Å². The summed E-state index contributed by atoms with van der Waals surface area (Å²) >= 11 is 0. The summed E-state index contributed by atoms with van der Waals surface area (Å²) in [5.74, 6) is 0.515. The molecule has 1 aromatic carbocycles. The zero-order valence-corrected chi connectivity index (χ0v) is 15.0. The van der Waals surface area contributed by atoms with E-state index in [9.17, 15) is 10.2 Å². The topological polar surface area (TPSA) is 40.5 Å². The van der Waals surface area contributed by atoms with Gasteiger partial charge in [0.25, 0.3) is 0 Å². The third-order valence-corrected chi connectivity index (χ3v) is 4.96. The maximum Gasteiger partial charge on any atom is 0.123 e. The van der Waals surface area contributed by atoms with Gasteiger partial charge in [-0.25, -0.2) is 0 Å². The first kappa shape index (κ1) is 18.6. The van der Waals surface area contributed by atoms with Gasteiger partial charge < -0.3 is 10.2 Å². The molecule has 0 aromatic heterocycles. The van der Waals surface area contributed by atoms with Crippen molar-refractivity contribution in [2.24, 2.45) is 5.41 Å². The summed E-state index contributed by atoms with van der Waals surface area (Å²) in [6.07, 6.45) is 8.11. The summed E-state index contributed by atoms with van der Waals surface area (Å²) in [5.41, 5.74) is 1.50. The second-order valence-electron chi connectivity index (χ2n) is 7.27. The Labute approximate surface area is 135 Å². The van der Waals surface area contributed by atoms with Crippen LogP contribution in [0.2, 0.25) is 0 Å². The first-order valence-electron chi connectivity index (χ1n) is 8.44. The van der Waals surface area contributed by atoms with Gasteiger partial charge in [-0.2, -0.15) is 0 Å². The Morgan fingerprint density at radius 3 is 2.05 bits per heavy atom. The summed E-state index contributed by atoms with van der Waals surface area (Å²) in [7, 11) is 0. The van der Waals surface area contributed by atoms with Gasteiger partial charge >= 0.3 is 0 Å². The van der Waals surface area contributed by atoms with Crippen molar-refractivity contribution in [3.63, 3.8) is 0 Å². The van der Waals surface area contributed by atoms with Gasteiger partial charge in [0.15, 0.2) is 0 Å². The van der Waals surface area contributed by atoms with Crippen molar-refractivity contribution in [3.05, 3.63) is 29.3 Å². The van der Waals surface area contributed by atoms with Crippen LogP contribution in [0.25, 0.3) is 6.08 Å². The number of phenols is 2. The van der Waals surface area contributed by atoms with Crippen molar-refractivity contribution in [3.8, 4) is 11.5 Å². The van der Waals surface area contributed by atoms with Crippen LogP contribution in [-0.2, 0) is 5.41 Å². The Morgan fingerprint density at radius 1 is 0.955 bits per heavy atom. The van der Waals surface area contributed by atoms with Crippen LogP contribution in [0.15, 0.2) is 18.2 Å². The maximum atomic E-state index is 10.4. The van der Waals surface area contributed by atoms with Crippen molar-refractivity contribution in [2.75, 3.05) is 0 Å². The quantitative estimate of drug-likeness (QED) is 0.605. The second-order valence-corrected chi connectivity index (χ2v) is 7.27. The van der Waals surface area contributed by atoms with Crippen LogP contribution in [0, 0.1) is 5.41 Å². The summed E-state index contributed by atoms with van der Waals surface area (Å²) < 4.78 is 0. The highest BCUT2D eigenvalue weighted by atomic mass is 16.3. The molecule has 0 radical (unpaired) electrons. The van der Waals surface area contributed by atoms with E-state index in [2.05, 4.69) is 47.6 Å². The van der Waals surface area contributed by atoms with E-state index in [1.807, 2.05) is 6.08 Å². The van der Waals surface area contributed by atoms with Crippen molar-refractivity contribution >= 4 is 6.08 Å². The van der Waals surface area contributed by atoms with Gasteiger partial charge in [0.05, 0.1) is 0 Å². The van der Waals surface area contributed by atoms with Gasteiger partial charge in [-0.1, -0.05) is 60.1 Å². The van der Waals surface area contributed by atoms with E-state index in [1.165, 1.54) is 0 Å². The lowest BCUT2D eigenvalue weighted by atomic mass is 9.77. The molecule has 1 rings (SSSR count). The normalized spacial score (nSPS) is 13.0. The Balaban J connectivity index is 3.18. The van der Waals surface area contributed by atoms with Crippen LogP contribution in [-0.4, -0.2) is 10.2 Å². The minimum absolute atomic E-state index is 0.0941. The Bertz CT molecular complexity index is 523. The standard InChI is InChI=1S/C20H32O2/c1-7-11-19(4,5)12-10-15-13-18(22)16(14-17(15)21)20(6,8-2)9-3/h10,12-14,21-22H,7-9,11H2,1-6H3/b12-10+. The monoisotopic (exact) mass is 304 g/mol. The molecule has 2 nitrogen and oxygen atoms in total. The minimum atomic E-state index is -0.106. The predicted molar refractivity (Wildman–Crippen MR) is 95.4 cm³/mol. The van der Waals surface area contributed by atoms with Crippen LogP contribution in [0.1, 0.15) is 78.4 Å². The number of benzene rings is 1. The highest BCUT2D eigenvalue weighted by Gasteiger charge is 2.26. The molecule has 0 atom stereocenters. The summed E-state index contributed by atoms with van der Waals surface area (Å²) in [6.45, 7) is 12.9. The number of hydrogen-bond acceptors (Lipinski definition) is 2. The molecule has 0 aliphatic rings. The minimum Gasteiger partial charge on any atom is -0.508 e. The summed E-state index contributed by atoms with van der Waals surface area (Å²) in [5, 5.41) is 20.7. The molecule has 1 aromatic rings. The molecule has 0 heterocycles. The van der Waals surface area contributed by atoms with Gasteiger partial charge in [-0.05, 0) is 42.2 Å². The maximum absolute atomic E-state index is 10.4. The number of phenolic OH excluding ortho intramolecular Hbond substituents is 2. The van der Waals surface area contributed by atoms with Gasteiger partial charge in [0, 0.05) is 11.1 Å². The molecule has 2 N–H and O–H groups in total. The van der Waals surface area contributed by atoms with Crippen LogP contribution in [0.5, 0.6) is 11.5 Å². The number of hydrogen-bond donors (Lipinski definition) is 2. The van der Waals surface area contributed by atoms with E-state index in [4.69, 9.17) is 0 Å². The third-order valence-electron chi connectivity index (χ3n) is 4.96. The van der Waals surface area contributed by atoms with Crippen molar-refractivity contribution in [1.82, 2.24) is 0 Å². The van der Waals surface area contributed by atoms with Crippen LogP contribution in [0.4, 0.5) is 0 Å². The molecular formula is C20H32O2. The lowest BCUT2D eigenvalue weighted by molar-refractivity contribution is 0.392. The smallest absolute Gasteiger partial charge is 0.123 e. The fraction of sp³-hybridized carbons (Fsp3) is 0.600. The van der Waals surface area contributed by atoms with Crippen molar-refractivity contribution in [2.45, 2.75) is 72.6 Å². The molecule has 0 saturated carbocycles. The lowest BCUT2D eigenvalue weighted by Crippen LogP contribution is -2.19. The molecule has 0 amide bonds. The zero-order chi connectivity index (χ0) is 17.0. The summed E-state index contributed by atoms with van der Waals surface area (Å²) in [6, 6.07) is 3.42. The number of aromatic hydroxyl groups is 2. The van der Waals surface area contributed by atoms with Crippen LogP contribution in [0.3, 0.4) is 0 Å². The molecule has 0 unspecified atom stereocenters. The average Bonchev–Trinajstić information content (AvgIpc) is 2.47. The molecular weight excluding hydrogens is 272 g/mol. The Hall–Kier alpha value is -1.44. The van der Waals surface area contributed by atoms with Gasteiger partial charge in [0.1, 0.15) is 11.5 Å². The van der Waals surface area contributed by atoms with Crippen LogP contribution < -0.4 is 0 Å². The molecule has 2 heteroatoms. The molecule has 22 heavy (non-hydrogen) atoms. The van der Waals surface area contributed by atoms with E-state index in [1.54, 1.807) is 12.1 Å². The SMILES string of the molecule is CCCC(C)(C)/C=C/c1cc(O)c(C(C)(CC)CC)cc1O. The van der Waals surface area contributed by atoms with Gasteiger partial charge in [0.2, 0.25) is 0 Å². The van der Waals surface area contributed by atoms with Crippen LogP contribution >= 0.6 is 0 Å². The highest BCUT2D eigenvalue weighted by molar-refractivity contribution is 5.62. The van der Waals surface area contributed by atoms with E-state index in [-0.39, 0.29) is 22.3 Å². The third kappa shape index (κ3) is 4.28. The van der Waals surface area contributed by atoms with Crippen molar-refractivity contribution < 1.29 is 10.2 Å². The van der Waals surface area contributed by atoms with E-state index < -0.39 is 0 Å². The zero-order valence-electron chi connectivity index (χ0n) is 15.0. The number of rotatable bonds is 7. The highest BCUT2D eigenvalue weighted by Crippen LogP contribution is 2.40. The second kappa shape index (κ2) is 7.21. The molecule has 0 bridgehead atoms. The summed E-state index contributed by atoms with van der Waals surface area (Å²) in [4.78, 5) is 0. The van der Waals surface area contributed by atoms with E-state index >= 15 is 0 Å². The Kier molecular flexibility index (Phi) is 6.10. The Morgan fingerprint density at radius 2 is 1.55 bits per heavy atom. The van der Waals surface area contributed by atoms with Crippen molar-refractivity contribution in [1.29, 1.82) is 0 Å². The van der Waals surface area contributed by atoms with Gasteiger partial charge in [-0.15, -0.1) is 0 Å². The predicted octanol–water partition coefficient (Wildman–Crippen LogP) is 6.02. The molecule has 124 valence electrons.